The Morgan fingerprint density at radius 1 is 0.703 bits per heavy atom. The second-order valence-electron chi connectivity index (χ2n) is 8.94. The number of aromatic nitrogens is 2. The summed E-state index contributed by atoms with van der Waals surface area (Å²) in [5, 5.41) is 0. The molecular weight excluding hydrogens is 466 g/mol. The molecule has 0 aliphatic carbocycles. The van der Waals surface area contributed by atoms with Crippen LogP contribution in [0.4, 0.5) is 11.5 Å². The van der Waals surface area contributed by atoms with Gasteiger partial charge in [-0.2, -0.15) is 0 Å². The number of imide groups is 1. The Morgan fingerprint density at radius 3 is 1.97 bits per heavy atom. The smallest absolute Gasteiger partial charge is 0.266 e. The van der Waals surface area contributed by atoms with Crippen LogP contribution in [0.5, 0.6) is 0 Å². The Kier molecular flexibility index (Phi) is 5.69. The third-order valence-electron chi connectivity index (χ3n) is 6.78. The van der Waals surface area contributed by atoms with Crippen molar-refractivity contribution in [2.75, 3.05) is 36.0 Å². The van der Waals surface area contributed by atoms with Crippen LogP contribution >= 0.6 is 0 Å². The van der Waals surface area contributed by atoms with E-state index in [1.807, 2.05) is 41.3 Å². The van der Waals surface area contributed by atoms with Crippen molar-refractivity contribution < 1.29 is 14.4 Å². The normalized spacial score (nSPS) is 15.2. The Labute approximate surface area is 213 Å². The Balaban J connectivity index is 1.11. The molecule has 182 valence electrons. The molecule has 4 aromatic rings. The van der Waals surface area contributed by atoms with Crippen molar-refractivity contribution in [1.29, 1.82) is 0 Å². The van der Waals surface area contributed by atoms with E-state index >= 15 is 0 Å². The number of hydrogen-bond acceptors (Lipinski definition) is 6. The van der Waals surface area contributed by atoms with Crippen LogP contribution in [0.15, 0.2) is 91.3 Å². The number of nitrogens with zero attached hydrogens (tertiary/aromatic N) is 5. The molecule has 0 spiro atoms. The predicted octanol–water partition coefficient (Wildman–Crippen LogP) is 3.91. The molecule has 2 aliphatic heterocycles. The molecule has 6 rings (SSSR count). The number of benzene rings is 3. The van der Waals surface area contributed by atoms with Gasteiger partial charge in [0.25, 0.3) is 17.7 Å². The van der Waals surface area contributed by atoms with E-state index < -0.39 is 0 Å². The molecule has 3 heterocycles. The molecule has 0 bridgehead atoms. The molecule has 3 amide bonds. The fourth-order valence-electron chi connectivity index (χ4n) is 4.78. The largest absolute Gasteiger partial charge is 0.353 e. The van der Waals surface area contributed by atoms with E-state index in [1.165, 1.54) is 0 Å². The van der Waals surface area contributed by atoms with Gasteiger partial charge in [0.2, 0.25) is 0 Å². The molecule has 0 saturated carbocycles. The molecular formula is C29H23N5O3. The number of fused-ring (bicyclic) bond motifs is 1. The summed E-state index contributed by atoms with van der Waals surface area (Å²) in [6, 6.07) is 25.4. The first-order valence-corrected chi connectivity index (χ1v) is 12.1. The van der Waals surface area contributed by atoms with Gasteiger partial charge in [0.15, 0.2) is 0 Å². The van der Waals surface area contributed by atoms with E-state index in [0.717, 1.165) is 22.0 Å². The molecule has 37 heavy (non-hydrogen) atoms. The maximum atomic E-state index is 13.2. The topological polar surface area (TPSA) is 86.7 Å². The lowest BCUT2D eigenvalue weighted by Gasteiger charge is -2.35. The summed E-state index contributed by atoms with van der Waals surface area (Å²) in [4.78, 5) is 52.6. The van der Waals surface area contributed by atoms with Crippen molar-refractivity contribution in [2.24, 2.45) is 0 Å². The summed E-state index contributed by atoms with van der Waals surface area (Å²) >= 11 is 0. The van der Waals surface area contributed by atoms with Crippen molar-refractivity contribution >= 4 is 29.2 Å². The van der Waals surface area contributed by atoms with Crippen LogP contribution in [0.25, 0.3) is 11.3 Å². The van der Waals surface area contributed by atoms with Crippen molar-refractivity contribution in [1.82, 2.24) is 14.9 Å². The number of hydrogen-bond donors (Lipinski definition) is 0. The molecule has 3 aromatic carbocycles. The van der Waals surface area contributed by atoms with Gasteiger partial charge in [-0.15, -0.1) is 0 Å². The molecule has 1 aromatic heterocycles. The highest BCUT2D eigenvalue weighted by Gasteiger charge is 2.36. The quantitative estimate of drug-likeness (QED) is 0.404. The highest BCUT2D eigenvalue weighted by atomic mass is 16.2. The third-order valence-corrected chi connectivity index (χ3v) is 6.78. The zero-order valence-electron chi connectivity index (χ0n) is 19.9. The standard InChI is InChI=1S/C29H23N5O3/c35-27(21-10-12-22(13-11-21)34-28(36)23-8-4-5-9-24(23)29(34)37)33-16-14-32(15-17-33)26-18-25(30-19-31-26)20-6-2-1-3-7-20/h1-13,18-19H,14-17H2. The van der Waals surface area contributed by atoms with Crippen LogP contribution in [0.3, 0.4) is 0 Å². The number of rotatable bonds is 4. The van der Waals surface area contributed by atoms with E-state index in [4.69, 9.17) is 0 Å². The van der Waals surface area contributed by atoms with Gasteiger partial charge in [-0.3, -0.25) is 14.4 Å². The summed E-state index contributed by atoms with van der Waals surface area (Å²) < 4.78 is 0. The van der Waals surface area contributed by atoms with Crippen LogP contribution in [0.2, 0.25) is 0 Å². The highest BCUT2D eigenvalue weighted by molar-refractivity contribution is 6.34. The predicted molar refractivity (Wildman–Crippen MR) is 140 cm³/mol. The first-order valence-electron chi connectivity index (χ1n) is 12.1. The van der Waals surface area contributed by atoms with Crippen LogP contribution in [0.1, 0.15) is 31.1 Å². The van der Waals surface area contributed by atoms with Gasteiger partial charge in [-0.05, 0) is 36.4 Å². The third kappa shape index (κ3) is 4.12. The summed E-state index contributed by atoms with van der Waals surface area (Å²) in [5.41, 5.74) is 3.65. The summed E-state index contributed by atoms with van der Waals surface area (Å²) in [6.07, 6.45) is 1.57. The lowest BCUT2D eigenvalue weighted by molar-refractivity contribution is 0.0746. The minimum atomic E-state index is -0.351. The molecule has 1 saturated heterocycles. The lowest BCUT2D eigenvalue weighted by Crippen LogP contribution is -2.49. The first-order chi connectivity index (χ1) is 18.1. The van der Waals surface area contributed by atoms with Gasteiger partial charge in [-0.1, -0.05) is 42.5 Å². The number of anilines is 2. The Hall–Kier alpha value is -4.85. The monoisotopic (exact) mass is 489 g/mol. The molecule has 0 unspecified atom stereocenters. The Morgan fingerprint density at radius 2 is 1.32 bits per heavy atom. The first kappa shape index (κ1) is 22.6. The van der Waals surface area contributed by atoms with E-state index in [1.54, 1.807) is 54.9 Å². The zero-order valence-corrected chi connectivity index (χ0v) is 19.9. The van der Waals surface area contributed by atoms with Crippen LogP contribution in [0, 0.1) is 0 Å². The van der Waals surface area contributed by atoms with E-state index in [0.29, 0.717) is 48.6 Å². The summed E-state index contributed by atoms with van der Waals surface area (Å²) in [6.45, 7) is 2.43. The van der Waals surface area contributed by atoms with E-state index in [9.17, 15) is 14.4 Å². The molecule has 0 radical (unpaired) electrons. The molecule has 8 heteroatoms. The maximum absolute atomic E-state index is 13.2. The van der Waals surface area contributed by atoms with Crippen LogP contribution < -0.4 is 9.80 Å². The van der Waals surface area contributed by atoms with Crippen LogP contribution in [-0.4, -0.2) is 58.8 Å². The second-order valence-corrected chi connectivity index (χ2v) is 8.94. The number of amides is 3. The van der Waals surface area contributed by atoms with Gasteiger partial charge < -0.3 is 9.80 Å². The minimum Gasteiger partial charge on any atom is -0.353 e. The van der Waals surface area contributed by atoms with Crippen molar-refractivity contribution in [3.8, 4) is 11.3 Å². The van der Waals surface area contributed by atoms with Crippen molar-refractivity contribution in [3.63, 3.8) is 0 Å². The SMILES string of the molecule is O=C(c1ccc(N2C(=O)c3ccccc3C2=O)cc1)N1CCN(c2cc(-c3ccccc3)ncn2)CC1. The van der Waals surface area contributed by atoms with Gasteiger partial charge >= 0.3 is 0 Å². The molecule has 0 atom stereocenters. The minimum absolute atomic E-state index is 0.0822. The van der Waals surface area contributed by atoms with Crippen molar-refractivity contribution in [3.05, 3.63) is 108 Å². The summed E-state index contributed by atoms with van der Waals surface area (Å²) in [7, 11) is 0. The summed E-state index contributed by atoms with van der Waals surface area (Å²) in [5.74, 6) is 0.0550. The Bertz CT molecular complexity index is 1460. The number of carbonyl (C=O) groups excluding carboxylic acids is 3. The average molecular weight is 490 g/mol. The van der Waals surface area contributed by atoms with Gasteiger partial charge in [-0.25, -0.2) is 14.9 Å². The van der Waals surface area contributed by atoms with E-state index in [2.05, 4.69) is 14.9 Å². The van der Waals surface area contributed by atoms with Crippen LogP contribution in [-0.2, 0) is 0 Å². The van der Waals surface area contributed by atoms with Crippen molar-refractivity contribution in [2.45, 2.75) is 0 Å². The maximum Gasteiger partial charge on any atom is 0.266 e. The van der Waals surface area contributed by atoms with E-state index in [-0.39, 0.29) is 17.7 Å². The fraction of sp³-hybridized carbons (Fsp3) is 0.138. The van der Waals surface area contributed by atoms with Gasteiger partial charge in [0.05, 0.1) is 22.5 Å². The highest BCUT2D eigenvalue weighted by Crippen LogP contribution is 2.29. The molecule has 1 fully saturated rings. The molecule has 2 aliphatic rings. The number of piperazine rings is 1. The average Bonchev–Trinajstić information content (AvgIpc) is 3.23. The van der Waals surface area contributed by atoms with Gasteiger partial charge in [0.1, 0.15) is 12.1 Å². The number of carbonyl (C=O) groups is 3. The van der Waals surface area contributed by atoms with Gasteiger partial charge in [0, 0.05) is 43.4 Å². The second kappa shape index (κ2) is 9.31. The fourth-order valence-corrected chi connectivity index (χ4v) is 4.78. The molecule has 0 N–H and O–H groups in total. The lowest BCUT2D eigenvalue weighted by atomic mass is 10.1. The zero-order chi connectivity index (χ0) is 25.4. The molecule has 8 nitrogen and oxygen atoms in total.